The van der Waals surface area contributed by atoms with Gasteiger partial charge in [0.2, 0.25) is 0 Å². The largest absolute Gasteiger partial charge is 0.370 e. The summed E-state index contributed by atoms with van der Waals surface area (Å²) in [4.78, 5) is 9.22. The van der Waals surface area contributed by atoms with Crippen LogP contribution in [0.3, 0.4) is 0 Å². The van der Waals surface area contributed by atoms with Crippen molar-refractivity contribution in [1.29, 1.82) is 0 Å². The van der Waals surface area contributed by atoms with Crippen LogP contribution in [0, 0.1) is 0 Å². The quantitative estimate of drug-likeness (QED) is 0.565. The van der Waals surface area contributed by atoms with Crippen LogP contribution >= 0.6 is 0 Å². The third-order valence-electron chi connectivity index (χ3n) is 3.68. The van der Waals surface area contributed by atoms with Gasteiger partial charge in [-0.2, -0.15) is 0 Å². The van der Waals surface area contributed by atoms with Crippen molar-refractivity contribution in [2.45, 2.75) is 46.1 Å². The highest BCUT2D eigenvalue weighted by Crippen LogP contribution is 2.14. The Balaban J connectivity index is 2.47. The first-order chi connectivity index (χ1) is 8.22. The lowest BCUT2D eigenvalue weighted by atomic mass is 10.2. The molecular weight excluding hydrogens is 212 g/mol. The van der Waals surface area contributed by atoms with Crippen LogP contribution in [0.5, 0.6) is 0 Å². The van der Waals surface area contributed by atoms with Crippen molar-refractivity contribution in [1.82, 2.24) is 9.80 Å². The van der Waals surface area contributed by atoms with Gasteiger partial charge in [0.25, 0.3) is 0 Å². The molecule has 1 heterocycles. The van der Waals surface area contributed by atoms with Crippen LogP contribution in [0.2, 0.25) is 0 Å². The Bertz CT molecular complexity index is 230. The van der Waals surface area contributed by atoms with Crippen molar-refractivity contribution in [3.05, 3.63) is 0 Å². The number of nitrogens with zero attached hydrogens (tertiary/aromatic N) is 3. The molecule has 0 aliphatic carbocycles. The summed E-state index contributed by atoms with van der Waals surface area (Å²) in [6.45, 7) is 11.7. The summed E-state index contributed by atoms with van der Waals surface area (Å²) >= 11 is 0. The van der Waals surface area contributed by atoms with Crippen molar-refractivity contribution < 1.29 is 0 Å². The molecule has 0 spiro atoms. The molecule has 0 radical (unpaired) electrons. The van der Waals surface area contributed by atoms with Crippen LogP contribution in [-0.2, 0) is 0 Å². The minimum Gasteiger partial charge on any atom is -0.370 e. The van der Waals surface area contributed by atoms with E-state index in [4.69, 9.17) is 5.73 Å². The van der Waals surface area contributed by atoms with Crippen LogP contribution in [0.4, 0.5) is 0 Å². The van der Waals surface area contributed by atoms with Gasteiger partial charge in [-0.05, 0) is 46.2 Å². The summed E-state index contributed by atoms with van der Waals surface area (Å²) in [6.07, 6.45) is 3.84. The van der Waals surface area contributed by atoms with Crippen LogP contribution in [0.25, 0.3) is 0 Å². The maximum absolute atomic E-state index is 6.00. The van der Waals surface area contributed by atoms with E-state index in [1.54, 1.807) is 0 Å². The first kappa shape index (κ1) is 14.3. The Morgan fingerprint density at radius 2 is 1.82 bits per heavy atom. The zero-order valence-electron chi connectivity index (χ0n) is 11.7. The molecule has 0 aromatic carbocycles. The Labute approximate surface area is 106 Å². The van der Waals surface area contributed by atoms with E-state index in [2.05, 4.69) is 35.6 Å². The Morgan fingerprint density at radius 3 is 2.29 bits per heavy atom. The number of hydrogen-bond acceptors (Lipinski definition) is 2. The SMILES string of the molecule is CCC(CN=C(N)N(CC)CC)N1CCCC1. The van der Waals surface area contributed by atoms with Gasteiger partial charge in [-0.3, -0.25) is 9.89 Å². The molecule has 1 rings (SSSR count). The third-order valence-corrected chi connectivity index (χ3v) is 3.68. The maximum atomic E-state index is 6.00. The van der Waals surface area contributed by atoms with E-state index in [1.807, 2.05) is 0 Å². The number of guanidine groups is 1. The molecule has 0 aromatic heterocycles. The van der Waals surface area contributed by atoms with Gasteiger partial charge in [-0.25, -0.2) is 0 Å². The lowest BCUT2D eigenvalue weighted by molar-refractivity contribution is 0.241. The normalized spacial score (nSPS) is 19.6. The van der Waals surface area contributed by atoms with E-state index in [-0.39, 0.29) is 0 Å². The molecule has 2 N–H and O–H groups in total. The lowest BCUT2D eigenvalue weighted by Crippen LogP contribution is -2.39. The Hall–Kier alpha value is -0.770. The molecule has 100 valence electrons. The summed E-state index contributed by atoms with van der Waals surface area (Å²) in [6, 6.07) is 0.576. The second-order valence-corrected chi connectivity index (χ2v) is 4.68. The van der Waals surface area contributed by atoms with Crippen LogP contribution in [0.1, 0.15) is 40.0 Å². The zero-order valence-corrected chi connectivity index (χ0v) is 11.7. The number of hydrogen-bond donors (Lipinski definition) is 1. The molecule has 0 amide bonds. The van der Waals surface area contributed by atoms with Crippen molar-refractivity contribution >= 4 is 5.96 Å². The summed E-state index contributed by atoms with van der Waals surface area (Å²) in [7, 11) is 0. The highest BCUT2D eigenvalue weighted by atomic mass is 15.3. The van der Waals surface area contributed by atoms with Crippen molar-refractivity contribution in [3.63, 3.8) is 0 Å². The van der Waals surface area contributed by atoms with Crippen LogP contribution < -0.4 is 5.73 Å². The van der Waals surface area contributed by atoms with Gasteiger partial charge in [0.15, 0.2) is 5.96 Å². The van der Waals surface area contributed by atoms with E-state index < -0.39 is 0 Å². The number of aliphatic imine (C=N–C) groups is 1. The van der Waals surface area contributed by atoms with Crippen LogP contribution in [-0.4, -0.2) is 54.5 Å². The van der Waals surface area contributed by atoms with E-state index >= 15 is 0 Å². The highest BCUT2D eigenvalue weighted by Gasteiger charge is 2.20. The van der Waals surface area contributed by atoms with Gasteiger partial charge < -0.3 is 10.6 Å². The van der Waals surface area contributed by atoms with Gasteiger partial charge in [0, 0.05) is 19.1 Å². The fourth-order valence-electron chi connectivity index (χ4n) is 2.46. The molecule has 17 heavy (non-hydrogen) atoms. The third kappa shape index (κ3) is 4.19. The van der Waals surface area contributed by atoms with Crippen molar-refractivity contribution in [3.8, 4) is 0 Å². The number of rotatable bonds is 6. The van der Waals surface area contributed by atoms with E-state index in [1.165, 1.54) is 25.9 Å². The van der Waals surface area contributed by atoms with Crippen molar-refractivity contribution in [2.75, 3.05) is 32.7 Å². The Kier molecular flexibility index (Phi) is 6.34. The zero-order chi connectivity index (χ0) is 12.7. The van der Waals surface area contributed by atoms with Gasteiger partial charge in [0.1, 0.15) is 0 Å². The van der Waals surface area contributed by atoms with E-state index in [0.29, 0.717) is 12.0 Å². The van der Waals surface area contributed by atoms with Gasteiger partial charge in [-0.1, -0.05) is 6.92 Å². The molecule has 1 aliphatic heterocycles. The molecule has 0 bridgehead atoms. The van der Waals surface area contributed by atoms with Gasteiger partial charge in [0.05, 0.1) is 6.54 Å². The summed E-state index contributed by atoms with van der Waals surface area (Å²) in [5.41, 5.74) is 6.00. The monoisotopic (exact) mass is 240 g/mol. The molecule has 0 aromatic rings. The van der Waals surface area contributed by atoms with Gasteiger partial charge in [-0.15, -0.1) is 0 Å². The molecule has 1 unspecified atom stereocenters. The minimum absolute atomic E-state index is 0.576. The predicted octanol–water partition coefficient (Wildman–Crippen LogP) is 1.52. The first-order valence-electron chi connectivity index (χ1n) is 7.01. The van der Waals surface area contributed by atoms with Crippen molar-refractivity contribution in [2.24, 2.45) is 10.7 Å². The maximum Gasteiger partial charge on any atom is 0.191 e. The van der Waals surface area contributed by atoms with E-state index in [0.717, 1.165) is 26.1 Å². The minimum atomic E-state index is 0.576. The average Bonchev–Trinajstić information content (AvgIpc) is 2.85. The first-order valence-corrected chi connectivity index (χ1v) is 7.01. The summed E-state index contributed by atoms with van der Waals surface area (Å²) < 4.78 is 0. The average molecular weight is 240 g/mol. The molecule has 0 saturated carbocycles. The molecule has 1 saturated heterocycles. The van der Waals surface area contributed by atoms with E-state index in [9.17, 15) is 0 Å². The summed E-state index contributed by atoms with van der Waals surface area (Å²) in [5.74, 6) is 0.702. The van der Waals surface area contributed by atoms with Crippen LogP contribution in [0.15, 0.2) is 4.99 Å². The lowest BCUT2D eigenvalue weighted by Gasteiger charge is -2.26. The fourth-order valence-corrected chi connectivity index (χ4v) is 2.46. The summed E-state index contributed by atoms with van der Waals surface area (Å²) in [5, 5.41) is 0. The molecule has 1 atom stereocenters. The molecule has 4 heteroatoms. The molecule has 1 aliphatic rings. The predicted molar refractivity (Wildman–Crippen MR) is 74.3 cm³/mol. The smallest absolute Gasteiger partial charge is 0.191 e. The van der Waals surface area contributed by atoms with Gasteiger partial charge >= 0.3 is 0 Å². The Morgan fingerprint density at radius 1 is 1.24 bits per heavy atom. The second-order valence-electron chi connectivity index (χ2n) is 4.68. The second kappa shape index (κ2) is 7.54. The molecular formula is C13H28N4. The molecule has 1 fully saturated rings. The standard InChI is InChI=1S/C13H28N4/c1-4-12(17-9-7-8-10-17)11-15-13(14)16(5-2)6-3/h12H,4-11H2,1-3H3,(H2,14,15). The fraction of sp³-hybridized carbons (Fsp3) is 0.923. The highest BCUT2D eigenvalue weighted by molar-refractivity contribution is 5.78. The number of likely N-dealkylation sites (tertiary alicyclic amines) is 1. The molecule has 4 nitrogen and oxygen atoms in total. The number of nitrogens with two attached hydrogens (primary N) is 1. The topological polar surface area (TPSA) is 44.9 Å².